The Bertz CT molecular complexity index is 510. The third-order valence-electron chi connectivity index (χ3n) is 3.87. The van der Waals surface area contributed by atoms with Crippen molar-refractivity contribution in [2.24, 2.45) is 11.7 Å². The first-order valence-electron chi connectivity index (χ1n) is 7.34. The number of primary amides is 1. The molecule has 2 rings (SSSR count). The molecule has 1 saturated heterocycles. The Kier molecular flexibility index (Phi) is 5.39. The molecular weight excluding hydrogens is 334 g/mol. The number of nitrogens with zero attached hydrogens (tertiary/aromatic N) is 3. The summed E-state index contributed by atoms with van der Waals surface area (Å²) in [6, 6.07) is 0.325. The van der Waals surface area contributed by atoms with Crippen molar-refractivity contribution in [2.45, 2.75) is 39.2 Å². The number of halogens is 1. The Morgan fingerprint density at radius 2 is 2.29 bits per heavy atom. The summed E-state index contributed by atoms with van der Waals surface area (Å²) in [6.45, 7) is 5.71. The molecule has 1 fully saturated rings. The van der Waals surface area contributed by atoms with Crippen molar-refractivity contribution in [2.75, 3.05) is 23.3 Å². The molecule has 2 unspecified atom stereocenters. The van der Waals surface area contributed by atoms with E-state index in [0.29, 0.717) is 12.6 Å². The number of hydrogen-bond donors (Lipinski definition) is 2. The highest BCUT2D eigenvalue weighted by atomic mass is 79.9. The van der Waals surface area contributed by atoms with Crippen LogP contribution < -0.4 is 16.0 Å². The highest BCUT2D eigenvalue weighted by Gasteiger charge is 2.31. The van der Waals surface area contributed by atoms with Crippen LogP contribution in [0.25, 0.3) is 0 Å². The number of carbonyl (C=O) groups excluding carboxylic acids is 1. The fraction of sp³-hybridized carbons (Fsp3) is 0.643. The summed E-state index contributed by atoms with van der Waals surface area (Å²) in [5, 5.41) is 3.27. The second kappa shape index (κ2) is 7.06. The summed E-state index contributed by atoms with van der Waals surface area (Å²) in [5.74, 6) is 1.26. The van der Waals surface area contributed by atoms with E-state index in [4.69, 9.17) is 5.73 Å². The van der Waals surface area contributed by atoms with Gasteiger partial charge in [-0.15, -0.1) is 0 Å². The normalized spacial score (nSPS) is 22.1. The third kappa shape index (κ3) is 3.64. The van der Waals surface area contributed by atoms with Gasteiger partial charge >= 0.3 is 0 Å². The first-order valence-corrected chi connectivity index (χ1v) is 8.14. The zero-order chi connectivity index (χ0) is 15.4. The van der Waals surface area contributed by atoms with Gasteiger partial charge in [-0.3, -0.25) is 4.79 Å². The zero-order valence-electron chi connectivity index (χ0n) is 12.5. The summed E-state index contributed by atoms with van der Waals surface area (Å²) >= 11 is 3.59. The molecule has 21 heavy (non-hydrogen) atoms. The molecule has 1 aliphatic rings. The van der Waals surface area contributed by atoms with E-state index in [0.717, 1.165) is 41.9 Å². The summed E-state index contributed by atoms with van der Waals surface area (Å²) in [5.41, 5.74) is 5.46. The molecule has 7 heteroatoms. The summed E-state index contributed by atoms with van der Waals surface area (Å²) in [4.78, 5) is 22.3. The maximum absolute atomic E-state index is 11.5. The van der Waals surface area contributed by atoms with Crippen molar-refractivity contribution in [3.05, 3.63) is 10.8 Å². The average molecular weight is 356 g/mol. The molecule has 0 bridgehead atoms. The van der Waals surface area contributed by atoms with E-state index in [9.17, 15) is 4.79 Å². The van der Waals surface area contributed by atoms with E-state index in [-0.39, 0.29) is 11.8 Å². The number of rotatable bonds is 5. The zero-order valence-corrected chi connectivity index (χ0v) is 14.1. The molecule has 1 aromatic rings. The Balaban J connectivity index is 2.24. The van der Waals surface area contributed by atoms with E-state index in [1.165, 1.54) is 0 Å². The minimum absolute atomic E-state index is 0.116. The first-order chi connectivity index (χ1) is 10.0. The second-order valence-corrected chi connectivity index (χ2v) is 6.26. The lowest BCUT2D eigenvalue weighted by Crippen LogP contribution is -2.46. The molecule has 1 amide bonds. The lowest BCUT2D eigenvalue weighted by Gasteiger charge is -2.38. The van der Waals surface area contributed by atoms with Gasteiger partial charge < -0.3 is 16.0 Å². The van der Waals surface area contributed by atoms with Crippen molar-refractivity contribution >= 4 is 33.5 Å². The van der Waals surface area contributed by atoms with Crippen LogP contribution in [0, 0.1) is 5.92 Å². The minimum atomic E-state index is -0.235. The van der Waals surface area contributed by atoms with Crippen molar-refractivity contribution in [3.8, 4) is 0 Å². The molecule has 1 aliphatic heterocycles. The van der Waals surface area contributed by atoms with Gasteiger partial charge in [-0.1, -0.05) is 6.92 Å². The molecule has 3 N–H and O–H groups in total. The van der Waals surface area contributed by atoms with Crippen LogP contribution in [0.3, 0.4) is 0 Å². The van der Waals surface area contributed by atoms with Crippen molar-refractivity contribution < 1.29 is 4.79 Å². The Morgan fingerprint density at radius 3 is 2.95 bits per heavy atom. The van der Waals surface area contributed by atoms with E-state index in [1.807, 2.05) is 0 Å². The molecule has 2 atom stereocenters. The maximum Gasteiger partial charge on any atom is 0.222 e. The van der Waals surface area contributed by atoms with Crippen LogP contribution in [0.2, 0.25) is 0 Å². The quantitative estimate of drug-likeness (QED) is 0.845. The Hall–Kier alpha value is -1.37. The Morgan fingerprint density at radius 1 is 1.52 bits per heavy atom. The third-order valence-corrected chi connectivity index (χ3v) is 4.60. The molecule has 0 aromatic carbocycles. The van der Waals surface area contributed by atoms with Crippen LogP contribution >= 0.6 is 15.9 Å². The van der Waals surface area contributed by atoms with Gasteiger partial charge in [0, 0.05) is 19.1 Å². The number of aromatic nitrogens is 2. The van der Waals surface area contributed by atoms with Crippen molar-refractivity contribution in [1.82, 2.24) is 9.97 Å². The van der Waals surface area contributed by atoms with E-state index in [2.05, 4.69) is 50.0 Å². The van der Waals surface area contributed by atoms with Gasteiger partial charge in [0.05, 0.1) is 5.92 Å². The molecule has 0 saturated carbocycles. The van der Waals surface area contributed by atoms with Gasteiger partial charge in [0.2, 0.25) is 5.91 Å². The topological polar surface area (TPSA) is 84.1 Å². The lowest BCUT2D eigenvalue weighted by molar-refractivity contribution is -0.122. The molecule has 0 spiro atoms. The number of amides is 1. The molecule has 0 radical (unpaired) electrons. The minimum Gasteiger partial charge on any atom is -0.369 e. The van der Waals surface area contributed by atoms with Gasteiger partial charge in [0.15, 0.2) is 0 Å². The molecule has 116 valence electrons. The van der Waals surface area contributed by atoms with Crippen LogP contribution in [0.4, 0.5) is 11.6 Å². The largest absolute Gasteiger partial charge is 0.369 e. The predicted octanol–water partition coefficient (Wildman–Crippen LogP) is 2.15. The highest BCUT2D eigenvalue weighted by molar-refractivity contribution is 9.10. The number of carbonyl (C=O) groups is 1. The van der Waals surface area contributed by atoms with Crippen LogP contribution in [-0.4, -0.2) is 35.0 Å². The number of anilines is 2. The SMILES string of the molecule is CCCNc1ncnc(N2CC(C(N)=O)CCC2C)c1Br. The van der Waals surface area contributed by atoms with Crippen LogP contribution in [0.15, 0.2) is 10.8 Å². The van der Waals surface area contributed by atoms with Crippen LogP contribution in [-0.2, 0) is 4.79 Å². The molecule has 2 heterocycles. The van der Waals surface area contributed by atoms with Gasteiger partial charge in [0.1, 0.15) is 22.4 Å². The van der Waals surface area contributed by atoms with Gasteiger partial charge in [0.25, 0.3) is 0 Å². The van der Waals surface area contributed by atoms with Gasteiger partial charge in [-0.25, -0.2) is 9.97 Å². The summed E-state index contributed by atoms with van der Waals surface area (Å²) < 4.78 is 0.843. The number of hydrogen-bond acceptors (Lipinski definition) is 5. The van der Waals surface area contributed by atoms with Gasteiger partial charge in [-0.2, -0.15) is 0 Å². The fourth-order valence-electron chi connectivity index (χ4n) is 2.56. The number of nitrogens with two attached hydrogens (primary N) is 1. The van der Waals surface area contributed by atoms with E-state index in [1.54, 1.807) is 6.33 Å². The highest BCUT2D eigenvalue weighted by Crippen LogP contribution is 2.34. The second-order valence-electron chi connectivity index (χ2n) is 5.46. The summed E-state index contributed by atoms with van der Waals surface area (Å²) in [7, 11) is 0. The van der Waals surface area contributed by atoms with Crippen LogP contribution in [0.1, 0.15) is 33.1 Å². The molecule has 1 aromatic heterocycles. The fourth-order valence-corrected chi connectivity index (χ4v) is 3.13. The smallest absolute Gasteiger partial charge is 0.222 e. The molecular formula is C14H22BrN5O. The molecule has 0 aliphatic carbocycles. The van der Waals surface area contributed by atoms with Crippen LogP contribution in [0.5, 0.6) is 0 Å². The average Bonchev–Trinajstić information content (AvgIpc) is 2.47. The predicted molar refractivity (Wildman–Crippen MR) is 87.2 cm³/mol. The van der Waals surface area contributed by atoms with E-state index >= 15 is 0 Å². The lowest BCUT2D eigenvalue weighted by atomic mass is 9.93. The monoisotopic (exact) mass is 355 g/mol. The standard InChI is InChI=1S/C14H22BrN5O/c1-3-6-17-13-11(15)14(19-8-18-13)20-7-10(12(16)21)5-4-9(20)2/h8-10H,3-7H2,1-2H3,(H2,16,21)(H,17,18,19). The number of piperidine rings is 1. The van der Waals surface area contributed by atoms with E-state index < -0.39 is 0 Å². The van der Waals surface area contributed by atoms with Crippen molar-refractivity contribution in [1.29, 1.82) is 0 Å². The summed E-state index contributed by atoms with van der Waals surface area (Å²) in [6.07, 6.45) is 4.35. The first kappa shape index (κ1) is 16.0. The number of nitrogens with one attached hydrogen (secondary N) is 1. The molecule has 6 nitrogen and oxygen atoms in total. The van der Waals surface area contributed by atoms with Gasteiger partial charge in [-0.05, 0) is 42.1 Å². The Labute approximate surface area is 133 Å². The van der Waals surface area contributed by atoms with Crippen molar-refractivity contribution in [3.63, 3.8) is 0 Å². The maximum atomic E-state index is 11.5.